The van der Waals surface area contributed by atoms with Crippen LogP contribution in [0.5, 0.6) is 0 Å². The molecule has 1 saturated heterocycles. The lowest BCUT2D eigenvalue weighted by molar-refractivity contribution is -0.132. The number of ketones is 2. The molecule has 1 aliphatic heterocycles. The van der Waals surface area contributed by atoms with Gasteiger partial charge in [0, 0.05) is 63.4 Å². The van der Waals surface area contributed by atoms with E-state index in [4.69, 9.17) is 9.15 Å². The molecule has 3 fully saturated rings. The molecule has 1 atom stereocenters. The number of hydrogen-bond donors (Lipinski definition) is 1. The summed E-state index contributed by atoms with van der Waals surface area (Å²) >= 11 is 0. The van der Waals surface area contributed by atoms with Crippen LogP contribution in [0.2, 0.25) is 0 Å². The van der Waals surface area contributed by atoms with Crippen molar-refractivity contribution in [1.29, 1.82) is 0 Å². The summed E-state index contributed by atoms with van der Waals surface area (Å²) in [4.78, 5) is 62.0. The quantitative estimate of drug-likeness (QED) is 0.0654. The fourth-order valence-corrected chi connectivity index (χ4v) is 8.80. The molecule has 0 radical (unpaired) electrons. The predicted octanol–water partition coefficient (Wildman–Crippen LogP) is 7.44. The number of rotatable bonds is 19. The molecule has 324 valence electrons. The number of carbonyl (C=O) groups excluding carboxylic acids is 3. The first-order chi connectivity index (χ1) is 29.6. The highest BCUT2D eigenvalue weighted by Gasteiger charge is 2.32. The number of nitrogens with zero attached hydrogens (tertiary/aromatic N) is 7. The number of halogens is 2. The van der Waals surface area contributed by atoms with Crippen molar-refractivity contribution in [1.82, 2.24) is 33.8 Å². The number of oxazole rings is 1. The van der Waals surface area contributed by atoms with Gasteiger partial charge in [-0.3, -0.25) is 33.2 Å². The van der Waals surface area contributed by atoms with Crippen LogP contribution in [-0.4, -0.2) is 84.1 Å². The summed E-state index contributed by atoms with van der Waals surface area (Å²) in [5.74, 6) is 0.141. The van der Waals surface area contributed by atoms with Crippen LogP contribution in [0, 0.1) is 5.92 Å². The molecule has 0 spiro atoms. The molecule has 5 aromatic rings. The Hall–Kier alpha value is -5.35. The molecule has 1 aromatic carbocycles. The molecule has 1 N–H and O–H groups in total. The van der Waals surface area contributed by atoms with E-state index in [1.165, 1.54) is 25.3 Å². The van der Waals surface area contributed by atoms with Gasteiger partial charge in [-0.1, -0.05) is 25.0 Å². The topological polar surface area (TPSA) is 159 Å². The number of pyridine rings is 1. The van der Waals surface area contributed by atoms with Crippen LogP contribution in [0.15, 0.2) is 58.2 Å². The van der Waals surface area contributed by atoms with E-state index in [2.05, 4.69) is 25.3 Å². The van der Waals surface area contributed by atoms with Crippen LogP contribution in [-0.2, 0) is 34.2 Å². The molecule has 1 unspecified atom stereocenters. The number of imidazole rings is 1. The van der Waals surface area contributed by atoms with Crippen LogP contribution in [0.1, 0.15) is 123 Å². The molecule has 4 aromatic heterocycles. The van der Waals surface area contributed by atoms with Crippen molar-refractivity contribution < 1.29 is 32.3 Å². The number of anilines is 1. The van der Waals surface area contributed by atoms with E-state index in [-0.39, 0.29) is 47.0 Å². The lowest BCUT2D eigenvalue weighted by Gasteiger charge is -2.32. The van der Waals surface area contributed by atoms with Gasteiger partial charge in [-0.15, -0.1) is 0 Å². The van der Waals surface area contributed by atoms with Gasteiger partial charge in [0.2, 0.25) is 5.89 Å². The molecule has 5 heterocycles. The summed E-state index contributed by atoms with van der Waals surface area (Å²) in [6.07, 6.45) is 12.7. The van der Waals surface area contributed by atoms with Gasteiger partial charge in [0.15, 0.2) is 17.2 Å². The standard InChI is InChI=1S/C45H54F2N8O6/c1-52-41-30(7-5-9-38(41)55(45(52)59)37-15-14-34(56)26-39(37)57)8-6-24-60-23-4-2-3-20-53-21-17-33(18-22-53)54-27-35(40(51-54)42(46)47)49-43(58)36-28-61-44(50-36)31-16-19-48-32(25-31)13-12-29-10-11-29/h5,7,9,16,19,25,27-29,33,37,42H,2-4,6,8,10-15,17-18,20-24,26H2,1H3,(H,49,58). The van der Waals surface area contributed by atoms with Gasteiger partial charge in [-0.05, 0) is 100 Å². The van der Waals surface area contributed by atoms with E-state index in [0.29, 0.717) is 31.6 Å². The summed E-state index contributed by atoms with van der Waals surface area (Å²) in [6, 6.07) is 8.82. The highest BCUT2D eigenvalue weighted by atomic mass is 19.3. The second-order valence-corrected chi connectivity index (χ2v) is 16.8. The molecule has 16 heteroatoms. The minimum Gasteiger partial charge on any atom is -0.444 e. The van der Waals surface area contributed by atoms with Crippen LogP contribution in [0.25, 0.3) is 22.5 Å². The van der Waals surface area contributed by atoms with Gasteiger partial charge in [0.05, 0.1) is 35.2 Å². The Kier molecular flexibility index (Phi) is 13.3. The average molecular weight is 841 g/mol. The van der Waals surface area contributed by atoms with Gasteiger partial charge >= 0.3 is 5.69 Å². The number of carbonyl (C=O) groups is 3. The maximum absolute atomic E-state index is 14.1. The minimum atomic E-state index is -2.86. The van der Waals surface area contributed by atoms with Crippen molar-refractivity contribution in [3.63, 3.8) is 0 Å². The van der Waals surface area contributed by atoms with Gasteiger partial charge in [0.1, 0.15) is 12.0 Å². The summed E-state index contributed by atoms with van der Waals surface area (Å²) < 4.78 is 44.5. The summed E-state index contributed by atoms with van der Waals surface area (Å²) in [6.45, 7) is 3.86. The van der Waals surface area contributed by atoms with Crippen molar-refractivity contribution in [2.45, 2.75) is 108 Å². The third-order valence-electron chi connectivity index (χ3n) is 12.4. The molecule has 8 rings (SSSR count). The van der Waals surface area contributed by atoms with E-state index in [9.17, 15) is 28.0 Å². The fraction of sp³-hybridized carbons (Fsp3) is 0.533. The third-order valence-corrected chi connectivity index (χ3v) is 12.4. The Balaban J connectivity index is 0.738. The van der Waals surface area contributed by atoms with Crippen molar-refractivity contribution in [2.24, 2.45) is 13.0 Å². The Bertz CT molecular complexity index is 2410. The molecule has 3 aliphatic rings. The smallest absolute Gasteiger partial charge is 0.329 e. The number of likely N-dealkylation sites (tertiary alicyclic amines) is 1. The third kappa shape index (κ3) is 10.1. The number of aryl methyl sites for hydroxylation is 3. The van der Waals surface area contributed by atoms with E-state index < -0.39 is 24.1 Å². The summed E-state index contributed by atoms with van der Waals surface area (Å²) in [5.41, 5.74) is 3.48. The number of Topliss-reactive ketones (excluding diaryl/α,β-unsaturated/α-hetero) is 2. The van der Waals surface area contributed by atoms with Crippen LogP contribution < -0.4 is 11.0 Å². The number of hydrogen-bond acceptors (Lipinski definition) is 10. The summed E-state index contributed by atoms with van der Waals surface area (Å²) in [5, 5.41) is 6.81. The molecule has 2 aliphatic carbocycles. The molecule has 14 nitrogen and oxygen atoms in total. The number of alkyl halides is 2. The largest absolute Gasteiger partial charge is 0.444 e. The number of para-hydroxylation sites is 1. The molecule has 0 bridgehead atoms. The molecule has 1 amide bonds. The van der Waals surface area contributed by atoms with Gasteiger partial charge in [0.25, 0.3) is 12.3 Å². The SMILES string of the molecule is Cn1c(=O)n(C2CCC(=O)CC2=O)c2cccc(CCCOCCCCCN3CCC(n4cc(NC(=O)c5coc(-c6ccnc(CCC7CC7)c6)n5)c(C(F)F)n4)CC3)c21. The monoisotopic (exact) mass is 840 g/mol. The first kappa shape index (κ1) is 42.3. The van der Waals surface area contributed by atoms with Gasteiger partial charge < -0.3 is 19.4 Å². The molecular formula is C45H54F2N8O6. The van der Waals surface area contributed by atoms with Crippen molar-refractivity contribution >= 4 is 34.2 Å². The van der Waals surface area contributed by atoms with Crippen molar-refractivity contribution in [3.8, 4) is 11.5 Å². The fourth-order valence-electron chi connectivity index (χ4n) is 8.80. The maximum atomic E-state index is 14.1. The molecular weight excluding hydrogens is 787 g/mol. The first-order valence-electron chi connectivity index (χ1n) is 21.8. The number of amides is 1. The lowest BCUT2D eigenvalue weighted by Crippen LogP contribution is -2.35. The second kappa shape index (κ2) is 19.1. The van der Waals surface area contributed by atoms with Crippen LogP contribution in [0.3, 0.4) is 0 Å². The highest BCUT2D eigenvalue weighted by Crippen LogP contribution is 2.34. The van der Waals surface area contributed by atoms with E-state index in [1.54, 1.807) is 33.1 Å². The minimum absolute atomic E-state index is 0.0118. The Morgan fingerprint density at radius 2 is 1.82 bits per heavy atom. The number of ether oxygens (including phenoxy) is 1. The van der Waals surface area contributed by atoms with Crippen molar-refractivity contribution in [2.75, 3.05) is 38.2 Å². The zero-order valence-corrected chi connectivity index (χ0v) is 34.7. The Morgan fingerprint density at radius 3 is 2.61 bits per heavy atom. The number of fused-ring (bicyclic) bond motifs is 1. The first-order valence-corrected chi connectivity index (χ1v) is 21.8. The zero-order chi connectivity index (χ0) is 42.5. The number of nitrogens with one attached hydrogen (secondary N) is 1. The number of benzene rings is 1. The van der Waals surface area contributed by atoms with E-state index >= 15 is 0 Å². The molecule has 61 heavy (non-hydrogen) atoms. The van der Waals surface area contributed by atoms with E-state index in [0.717, 1.165) is 106 Å². The summed E-state index contributed by atoms with van der Waals surface area (Å²) in [7, 11) is 1.73. The van der Waals surface area contributed by atoms with Gasteiger partial charge in [-0.25, -0.2) is 18.6 Å². The lowest BCUT2D eigenvalue weighted by atomic mass is 9.92. The maximum Gasteiger partial charge on any atom is 0.329 e. The molecule has 2 saturated carbocycles. The van der Waals surface area contributed by atoms with Crippen LogP contribution in [0.4, 0.5) is 14.5 Å². The highest BCUT2D eigenvalue weighted by molar-refractivity contribution is 6.04. The number of aromatic nitrogens is 6. The van der Waals surface area contributed by atoms with E-state index in [1.807, 2.05) is 24.3 Å². The number of unbranched alkanes of at least 4 members (excludes halogenated alkanes) is 2. The Labute approximate surface area is 352 Å². The average Bonchev–Trinajstić information content (AvgIpc) is 3.66. The Morgan fingerprint density at radius 1 is 1.00 bits per heavy atom. The normalized spacial score (nSPS) is 17.9. The zero-order valence-electron chi connectivity index (χ0n) is 34.7. The second-order valence-electron chi connectivity index (χ2n) is 16.8. The van der Waals surface area contributed by atoms with Crippen molar-refractivity contribution in [3.05, 3.63) is 82.1 Å². The van der Waals surface area contributed by atoms with Gasteiger partial charge in [-0.2, -0.15) is 5.10 Å². The number of piperidine rings is 1. The van der Waals surface area contributed by atoms with Crippen LogP contribution >= 0.6 is 0 Å². The predicted molar refractivity (Wildman–Crippen MR) is 224 cm³/mol.